The molecule has 14 unspecified atom stereocenters. The van der Waals surface area contributed by atoms with E-state index in [1.807, 2.05) is 41.5 Å². The van der Waals surface area contributed by atoms with Crippen LogP contribution in [0.1, 0.15) is 139 Å². The Hall–Kier alpha value is -4.11. The Morgan fingerprint density at radius 2 is 0.880 bits per heavy atom. The molecule has 2 saturated heterocycles. The molecule has 2 aliphatic rings. The minimum Gasteiger partial charge on any atom is -0.394 e. The van der Waals surface area contributed by atoms with Crippen LogP contribution in [-0.4, -0.2) is 191 Å². The zero-order chi connectivity index (χ0) is 56.3. The summed E-state index contributed by atoms with van der Waals surface area (Å²) in [6.07, 6.45) is -7.10. The fraction of sp³-hybridized carbons (Fsp3) is 0.863. The summed E-state index contributed by atoms with van der Waals surface area (Å²) in [6, 6.07) is -2.16. The third-order valence-electron chi connectivity index (χ3n) is 13.3. The van der Waals surface area contributed by atoms with Crippen LogP contribution in [0.3, 0.4) is 0 Å². The van der Waals surface area contributed by atoms with E-state index in [-0.39, 0.29) is 137 Å². The lowest BCUT2D eigenvalue weighted by Crippen LogP contribution is -2.64. The molecule has 24 nitrogen and oxygen atoms in total. The zero-order valence-electron chi connectivity index (χ0n) is 45.6. The minimum atomic E-state index is -1.45. The second-order valence-electron chi connectivity index (χ2n) is 20.9. The topological polar surface area (TPSA) is 362 Å². The molecule has 0 aliphatic carbocycles. The summed E-state index contributed by atoms with van der Waals surface area (Å²) in [6.45, 7) is 14.7. The Bertz CT molecular complexity index is 1660. The molecule has 2 heterocycles. The van der Waals surface area contributed by atoms with E-state index in [1.54, 1.807) is 0 Å². The van der Waals surface area contributed by atoms with Gasteiger partial charge in [0.15, 0.2) is 12.6 Å². The van der Waals surface area contributed by atoms with Crippen LogP contribution in [0.5, 0.6) is 0 Å². The molecule has 75 heavy (non-hydrogen) atoms. The van der Waals surface area contributed by atoms with Crippen LogP contribution in [0.2, 0.25) is 0 Å². The Morgan fingerprint density at radius 1 is 0.520 bits per heavy atom. The van der Waals surface area contributed by atoms with E-state index in [9.17, 15) is 64.2 Å². The molecule has 24 heteroatoms. The van der Waals surface area contributed by atoms with E-state index in [0.717, 1.165) is 6.42 Å². The molecule has 2 aliphatic heterocycles. The lowest BCUT2D eigenvalue weighted by molar-refractivity contribution is -0.272. The maximum atomic E-state index is 13.7. The smallest absolute Gasteiger partial charge is 0.220 e. The van der Waals surface area contributed by atoms with Gasteiger partial charge < -0.3 is 86.8 Å². The molecular weight excluding hydrogens is 983 g/mol. The van der Waals surface area contributed by atoms with Crippen molar-refractivity contribution in [3.05, 3.63) is 0 Å². The van der Waals surface area contributed by atoms with Crippen LogP contribution >= 0.6 is 0 Å². The van der Waals surface area contributed by atoms with Gasteiger partial charge in [-0.1, -0.05) is 41.5 Å². The van der Waals surface area contributed by atoms with Crippen LogP contribution in [-0.2, 0) is 52.5 Å². The highest BCUT2D eigenvalue weighted by atomic mass is 16.7. The molecule has 0 saturated carbocycles. The molecule has 2 rings (SSSR count). The van der Waals surface area contributed by atoms with Gasteiger partial charge in [-0.15, -0.1) is 0 Å². The van der Waals surface area contributed by atoms with Crippen molar-refractivity contribution in [1.29, 1.82) is 0 Å². The van der Waals surface area contributed by atoms with Crippen molar-refractivity contribution >= 4 is 41.4 Å². The summed E-state index contributed by atoms with van der Waals surface area (Å²) >= 11 is 0. The lowest BCUT2D eigenvalue weighted by Gasteiger charge is -2.42. The summed E-state index contributed by atoms with van der Waals surface area (Å²) in [5, 5.41) is 81.0. The predicted octanol–water partition coefficient (Wildman–Crippen LogP) is -1.12. The number of aliphatic hydroxyl groups is 6. The maximum Gasteiger partial charge on any atom is 0.220 e. The Labute approximate surface area is 442 Å². The van der Waals surface area contributed by atoms with Crippen LogP contribution in [0.15, 0.2) is 0 Å². The van der Waals surface area contributed by atoms with E-state index in [2.05, 4.69) is 37.2 Å². The van der Waals surface area contributed by atoms with E-state index < -0.39 is 91.9 Å². The Kier molecular flexibility index (Phi) is 31.6. The van der Waals surface area contributed by atoms with Crippen LogP contribution in [0, 0.1) is 23.7 Å². The quantitative estimate of drug-likeness (QED) is 0.0354. The second kappa shape index (κ2) is 35.3. The molecule has 0 radical (unpaired) electrons. The number of rotatable bonds is 36. The molecule has 2 fully saturated rings. The number of hydrogen-bond donors (Lipinski definition) is 13. The highest BCUT2D eigenvalue weighted by Crippen LogP contribution is 2.28. The molecule has 0 spiro atoms. The van der Waals surface area contributed by atoms with Gasteiger partial charge in [-0.05, 0) is 75.0 Å². The summed E-state index contributed by atoms with van der Waals surface area (Å²) in [5.74, 6) is -2.69. The van der Waals surface area contributed by atoms with E-state index in [1.165, 1.54) is 13.8 Å². The first-order chi connectivity index (χ1) is 35.5. The van der Waals surface area contributed by atoms with Gasteiger partial charge in [0, 0.05) is 77.7 Å². The number of nitrogens with one attached hydrogen (secondary N) is 7. The molecule has 0 aromatic carbocycles. The predicted molar refractivity (Wildman–Crippen MR) is 274 cm³/mol. The average Bonchev–Trinajstić information content (AvgIpc) is 3.36. The summed E-state index contributed by atoms with van der Waals surface area (Å²) < 4.78 is 23.2. The van der Waals surface area contributed by atoms with Crippen molar-refractivity contribution in [1.82, 2.24) is 37.2 Å². The standard InChI is InChI=1S/C51H93N7O17/c1-9-20-52-38(63)12-11-13-42(67)58-51(17-14-39(64)53-21-10-2,18-15-40(65)54-24-30(3)22-32(5)28-72-49-43(56-34(7)61)47(70)45(68)36(26-59)74-49)19-16-41(66)55-25-31(4)23-33(6)29-73-50-44(57-35(8)62)48(71)46(69)37(27-60)75-50/h30-33,36-37,43-50,59-60,68-71H,9-29H2,1-8H3,(H,52,63)(H,53,64)(H,54,65)(H,55,66)(H,56,61)(H,57,62)(H,58,67). The van der Waals surface area contributed by atoms with Crippen molar-refractivity contribution in [2.45, 2.75) is 206 Å². The normalized spacial score (nSPS) is 26.1. The Morgan fingerprint density at radius 3 is 1.24 bits per heavy atom. The summed E-state index contributed by atoms with van der Waals surface area (Å²) in [7, 11) is 0. The SMILES string of the molecule is CCCNC(=O)CCCC(=O)NC(CCC(=O)NCCC)(CCC(=O)NCC(C)CC(C)COC1OC(CO)C(O)C(O)C1NC(C)=O)CCC(=O)NCC(C)CC(C)COC1OC(CO)C(O)C(O)C1NC(C)=O. The van der Waals surface area contributed by atoms with E-state index >= 15 is 0 Å². The number of carbonyl (C=O) groups excluding carboxylic acids is 7. The lowest BCUT2D eigenvalue weighted by atomic mass is 9.82. The zero-order valence-corrected chi connectivity index (χ0v) is 45.6. The number of amides is 7. The van der Waals surface area contributed by atoms with Gasteiger partial charge >= 0.3 is 0 Å². The van der Waals surface area contributed by atoms with Crippen LogP contribution in [0.4, 0.5) is 0 Å². The molecule has 0 aromatic rings. The summed E-state index contributed by atoms with van der Waals surface area (Å²) in [5.41, 5.74) is -1.17. The number of ether oxygens (including phenoxy) is 4. The first kappa shape index (κ1) is 67.0. The third kappa shape index (κ3) is 25.3. The van der Waals surface area contributed by atoms with Crippen LogP contribution < -0.4 is 37.2 Å². The number of hydrogen-bond acceptors (Lipinski definition) is 17. The maximum absolute atomic E-state index is 13.7. The fourth-order valence-corrected chi connectivity index (χ4v) is 9.27. The first-order valence-electron chi connectivity index (χ1n) is 26.9. The molecular formula is C51H93N7O17. The van der Waals surface area contributed by atoms with E-state index in [4.69, 9.17) is 18.9 Å². The van der Waals surface area contributed by atoms with Gasteiger partial charge in [-0.25, -0.2) is 0 Å². The van der Waals surface area contributed by atoms with Crippen molar-refractivity contribution < 1.29 is 83.1 Å². The average molecular weight is 1080 g/mol. The fourth-order valence-electron chi connectivity index (χ4n) is 9.27. The van der Waals surface area contributed by atoms with Gasteiger partial charge in [-0.3, -0.25) is 33.6 Å². The second-order valence-corrected chi connectivity index (χ2v) is 20.9. The molecule has 13 N–H and O–H groups in total. The Balaban J connectivity index is 2.13. The van der Waals surface area contributed by atoms with E-state index in [0.29, 0.717) is 32.4 Å². The van der Waals surface area contributed by atoms with Gasteiger partial charge in [0.05, 0.1) is 26.4 Å². The van der Waals surface area contributed by atoms with Crippen molar-refractivity contribution in [3.8, 4) is 0 Å². The van der Waals surface area contributed by atoms with Gasteiger partial charge in [0.25, 0.3) is 0 Å². The molecule has 0 aromatic heterocycles. The molecule has 14 atom stereocenters. The summed E-state index contributed by atoms with van der Waals surface area (Å²) in [4.78, 5) is 89.8. The van der Waals surface area contributed by atoms with Gasteiger partial charge in [0.2, 0.25) is 41.4 Å². The molecule has 434 valence electrons. The van der Waals surface area contributed by atoms with Gasteiger partial charge in [0.1, 0.15) is 48.7 Å². The van der Waals surface area contributed by atoms with Crippen molar-refractivity contribution in [2.24, 2.45) is 23.7 Å². The highest BCUT2D eigenvalue weighted by molar-refractivity contribution is 5.81. The first-order valence-corrected chi connectivity index (χ1v) is 26.9. The number of carbonyl (C=O) groups is 7. The third-order valence-corrected chi connectivity index (χ3v) is 13.3. The molecule has 7 amide bonds. The van der Waals surface area contributed by atoms with Gasteiger partial charge in [-0.2, -0.15) is 0 Å². The van der Waals surface area contributed by atoms with Crippen LogP contribution in [0.25, 0.3) is 0 Å². The molecule has 0 bridgehead atoms. The number of aliphatic hydroxyl groups excluding tert-OH is 6. The highest BCUT2D eigenvalue weighted by Gasteiger charge is 2.47. The largest absolute Gasteiger partial charge is 0.394 e. The van der Waals surface area contributed by atoms with Crippen molar-refractivity contribution in [2.75, 3.05) is 52.6 Å². The monoisotopic (exact) mass is 1080 g/mol. The minimum absolute atomic E-state index is 0.00279. The van der Waals surface area contributed by atoms with Crippen molar-refractivity contribution in [3.63, 3.8) is 0 Å².